The maximum Gasteiger partial charge on any atom is 0.305 e. The highest BCUT2D eigenvalue weighted by Crippen LogP contribution is 2.14. The van der Waals surface area contributed by atoms with Crippen LogP contribution < -0.4 is 0 Å². The van der Waals surface area contributed by atoms with Crippen molar-refractivity contribution in [2.75, 3.05) is 13.2 Å². The SMILES string of the molecule is CCCCCC(=O)OCC(CC)CCCC.CCCCCCCC(=O)OCC(CC)CCCC. The Labute approximate surface area is 213 Å². The van der Waals surface area contributed by atoms with Crippen molar-refractivity contribution < 1.29 is 19.1 Å². The molecule has 0 aromatic carbocycles. The number of carbonyl (C=O) groups excluding carboxylic acids is 2. The fourth-order valence-corrected chi connectivity index (χ4v) is 3.75. The first-order valence-electron chi connectivity index (χ1n) is 14.8. The van der Waals surface area contributed by atoms with Gasteiger partial charge >= 0.3 is 11.9 Å². The molecule has 0 bridgehead atoms. The van der Waals surface area contributed by atoms with Gasteiger partial charge in [-0.2, -0.15) is 0 Å². The summed E-state index contributed by atoms with van der Waals surface area (Å²) in [6.45, 7) is 14.4. The molecule has 0 aliphatic rings. The highest BCUT2D eigenvalue weighted by Gasteiger charge is 2.10. The number of carbonyl (C=O) groups is 2. The lowest BCUT2D eigenvalue weighted by Crippen LogP contribution is -2.13. The van der Waals surface area contributed by atoms with Crippen molar-refractivity contribution in [3.63, 3.8) is 0 Å². The molecule has 0 aromatic rings. The third kappa shape index (κ3) is 25.6. The molecule has 4 heteroatoms. The Balaban J connectivity index is 0. The molecule has 2 atom stereocenters. The summed E-state index contributed by atoms with van der Waals surface area (Å²) in [5, 5.41) is 0. The molecule has 0 aliphatic carbocycles. The fraction of sp³-hybridized carbons (Fsp3) is 0.933. The van der Waals surface area contributed by atoms with Crippen molar-refractivity contribution in [1.29, 1.82) is 0 Å². The Bertz CT molecular complexity index is 436. The molecule has 34 heavy (non-hydrogen) atoms. The quantitative estimate of drug-likeness (QED) is 0.113. The summed E-state index contributed by atoms with van der Waals surface area (Å²) < 4.78 is 10.7. The Morgan fingerprint density at radius 1 is 0.500 bits per heavy atom. The lowest BCUT2D eigenvalue weighted by molar-refractivity contribution is -0.146. The minimum atomic E-state index is -0.0107. The van der Waals surface area contributed by atoms with Crippen molar-refractivity contribution in [3.05, 3.63) is 0 Å². The number of ether oxygens (including phenoxy) is 2. The minimum Gasteiger partial charge on any atom is -0.465 e. The largest absolute Gasteiger partial charge is 0.465 e. The standard InChI is InChI=1S/C16H32O2.C14H28O2/c1-4-7-9-10-11-13-16(17)18-14-15(6-3)12-8-5-2;1-4-7-9-11-14(15)16-12-13(6-3)10-8-5-2/h15H,4-14H2,1-3H3;13H,4-12H2,1-3H3. The molecule has 0 radical (unpaired) electrons. The third-order valence-electron chi connectivity index (χ3n) is 6.52. The Morgan fingerprint density at radius 2 is 0.853 bits per heavy atom. The van der Waals surface area contributed by atoms with Crippen molar-refractivity contribution in [1.82, 2.24) is 0 Å². The monoisotopic (exact) mass is 484 g/mol. The van der Waals surface area contributed by atoms with E-state index < -0.39 is 0 Å². The van der Waals surface area contributed by atoms with E-state index in [1.165, 1.54) is 57.8 Å². The van der Waals surface area contributed by atoms with Crippen molar-refractivity contribution in [2.24, 2.45) is 11.8 Å². The van der Waals surface area contributed by atoms with Gasteiger partial charge in [-0.25, -0.2) is 0 Å². The van der Waals surface area contributed by atoms with Gasteiger partial charge in [-0.05, 0) is 37.5 Å². The van der Waals surface area contributed by atoms with E-state index in [1.807, 2.05) is 0 Å². The number of hydrogen-bond acceptors (Lipinski definition) is 4. The summed E-state index contributed by atoms with van der Waals surface area (Å²) in [4.78, 5) is 22.9. The highest BCUT2D eigenvalue weighted by atomic mass is 16.5. The second kappa shape index (κ2) is 28.2. The molecule has 0 saturated heterocycles. The average molecular weight is 485 g/mol. The first-order chi connectivity index (χ1) is 16.5. The van der Waals surface area contributed by atoms with Crippen LogP contribution >= 0.6 is 0 Å². The van der Waals surface area contributed by atoms with Crippen LogP contribution in [0.3, 0.4) is 0 Å². The van der Waals surface area contributed by atoms with Crippen molar-refractivity contribution >= 4 is 11.9 Å². The minimum absolute atomic E-state index is 0.00134. The van der Waals surface area contributed by atoms with Crippen molar-refractivity contribution in [2.45, 2.75) is 157 Å². The zero-order chi connectivity index (χ0) is 25.9. The van der Waals surface area contributed by atoms with Crippen LogP contribution in [0.25, 0.3) is 0 Å². The van der Waals surface area contributed by atoms with E-state index in [1.54, 1.807) is 0 Å². The summed E-state index contributed by atoms with van der Waals surface area (Å²) in [6, 6.07) is 0. The highest BCUT2D eigenvalue weighted by molar-refractivity contribution is 5.69. The molecule has 0 aliphatic heterocycles. The second-order valence-electron chi connectivity index (χ2n) is 9.82. The number of hydrogen-bond donors (Lipinski definition) is 0. The Hall–Kier alpha value is -1.06. The molecule has 204 valence electrons. The van der Waals surface area contributed by atoms with E-state index in [0.29, 0.717) is 37.9 Å². The molecule has 0 amide bonds. The topological polar surface area (TPSA) is 52.6 Å². The molecule has 2 unspecified atom stereocenters. The third-order valence-corrected chi connectivity index (χ3v) is 6.52. The summed E-state index contributed by atoms with van der Waals surface area (Å²) in [6.07, 6.45) is 19.9. The van der Waals surface area contributed by atoms with Gasteiger partial charge in [0, 0.05) is 12.8 Å². The van der Waals surface area contributed by atoms with Gasteiger partial charge in [-0.15, -0.1) is 0 Å². The van der Waals surface area contributed by atoms with Crippen LogP contribution in [0.1, 0.15) is 157 Å². The predicted molar refractivity (Wildman–Crippen MR) is 146 cm³/mol. The zero-order valence-corrected chi connectivity index (χ0v) is 23.9. The summed E-state index contributed by atoms with van der Waals surface area (Å²) in [7, 11) is 0. The van der Waals surface area contributed by atoms with Crippen LogP contribution in [0.2, 0.25) is 0 Å². The van der Waals surface area contributed by atoms with Crippen LogP contribution in [0, 0.1) is 11.8 Å². The molecule has 0 heterocycles. The van der Waals surface area contributed by atoms with Crippen LogP contribution in [0.4, 0.5) is 0 Å². The molecule has 0 N–H and O–H groups in total. The Morgan fingerprint density at radius 3 is 1.24 bits per heavy atom. The molecular weight excluding hydrogens is 424 g/mol. The smallest absolute Gasteiger partial charge is 0.305 e. The summed E-state index contributed by atoms with van der Waals surface area (Å²) in [5.41, 5.74) is 0. The second-order valence-corrected chi connectivity index (χ2v) is 9.82. The van der Waals surface area contributed by atoms with Gasteiger partial charge in [0.15, 0.2) is 0 Å². The van der Waals surface area contributed by atoms with Gasteiger partial charge in [0.05, 0.1) is 13.2 Å². The van der Waals surface area contributed by atoms with Gasteiger partial charge in [0.2, 0.25) is 0 Å². The van der Waals surface area contributed by atoms with Crippen LogP contribution in [-0.4, -0.2) is 25.2 Å². The lowest BCUT2D eigenvalue weighted by Gasteiger charge is -2.14. The lowest BCUT2D eigenvalue weighted by atomic mass is 10.0. The zero-order valence-electron chi connectivity index (χ0n) is 23.9. The van der Waals surface area contributed by atoms with Gasteiger partial charge in [-0.1, -0.05) is 119 Å². The van der Waals surface area contributed by atoms with E-state index in [9.17, 15) is 9.59 Å². The number of unbranched alkanes of at least 4 members (excludes halogenated alkanes) is 8. The van der Waals surface area contributed by atoms with Gasteiger partial charge in [-0.3, -0.25) is 9.59 Å². The van der Waals surface area contributed by atoms with Crippen LogP contribution in [0.5, 0.6) is 0 Å². The van der Waals surface area contributed by atoms with Gasteiger partial charge in [0.1, 0.15) is 0 Å². The molecule has 0 aromatic heterocycles. The van der Waals surface area contributed by atoms with Gasteiger partial charge in [0.25, 0.3) is 0 Å². The maximum atomic E-state index is 11.5. The molecule has 4 nitrogen and oxygen atoms in total. The van der Waals surface area contributed by atoms with E-state index >= 15 is 0 Å². The normalized spacial score (nSPS) is 12.4. The van der Waals surface area contributed by atoms with E-state index in [4.69, 9.17) is 9.47 Å². The maximum absolute atomic E-state index is 11.5. The summed E-state index contributed by atoms with van der Waals surface area (Å²) >= 11 is 0. The fourth-order valence-electron chi connectivity index (χ4n) is 3.75. The van der Waals surface area contributed by atoms with Crippen LogP contribution in [-0.2, 0) is 19.1 Å². The average Bonchev–Trinajstić information content (AvgIpc) is 2.84. The summed E-state index contributed by atoms with van der Waals surface area (Å²) in [5.74, 6) is 1.12. The molecule has 0 rings (SSSR count). The molecule has 0 fully saturated rings. The van der Waals surface area contributed by atoms with E-state index in [0.717, 1.165) is 44.9 Å². The van der Waals surface area contributed by atoms with Crippen molar-refractivity contribution in [3.8, 4) is 0 Å². The van der Waals surface area contributed by atoms with E-state index in [2.05, 4.69) is 41.5 Å². The molecule has 0 saturated carbocycles. The van der Waals surface area contributed by atoms with Crippen LogP contribution in [0.15, 0.2) is 0 Å². The van der Waals surface area contributed by atoms with Gasteiger partial charge < -0.3 is 9.47 Å². The number of esters is 2. The number of rotatable bonds is 22. The Kier molecular flexibility index (Phi) is 29.1. The van der Waals surface area contributed by atoms with E-state index in [-0.39, 0.29) is 11.9 Å². The first-order valence-corrected chi connectivity index (χ1v) is 14.8. The molecule has 0 spiro atoms. The first kappa shape index (κ1) is 35.1. The molecular formula is C30H60O4. The predicted octanol–water partition coefficient (Wildman–Crippen LogP) is 9.43.